The second kappa shape index (κ2) is 7.79. The molecule has 0 aliphatic carbocycles. The lowest BCUT2D eigenvalue weighted by Crippen LogP contribution is -2.44. The van der Waals surface area contributed by atoms with Gasteiger partial charge in [0.05, 0.1) is 0 Å². The van der Waals surface area contributed by atoms with Crippen molar-refractivity contribution in [2.24, 2.45) is 0 Å². The van der Waals surface area contributed by atoms with Gasteiger partial charge in [-0.25, -0.2) is 4.98 Å². The molecule has 7 nitrogen and oxygen atoms in total. The van der Waals surface area contributed by atoms with Gasteiger partial charge in [-0.2, -0.15) is 0 Å². The number of hydrogen-bond donors (Lipinski definition) is 1. The van der Waals surface area contributed by atoms with Gasteiger partial charge >= 0.3 is 0 Å². The van der Waals surface area contributed by atoms with Crippen LogP contribution >= 0.6 is 11.3 Å². The van der Waals surface area contributed by atoms with E-state index in [0.29, 0.717) is 24.3 Å². The Morgan fingerprint density at radius 1 is 1.28 bits per heavy atom. The minimum absolute atomic E-state index is 0.0534. The fourth-order valence-electron chi connectivity index (χ4n) is 3.55. The molecule has 4 rings (SSSR count). The molecule has 3 aromatic rings. The molecule has 1 aliphatic rings. The number of nitrogens with one attached hydrogen (secondary N) is 1. The topological polar surface area (TPSA) is 83.8 Å². The zero-order valence-corrected chi connectivity index (χ0v) is 17.1. The van der Waals surface area contributed by atoms with Crippen LogP contribution in [0, 0.1) is 0 Å². The molecule has 0 bridgehead atoms. The highest BCUT2D eigenvalue weighted by atomic mass is 32.1. The molecule has 1 saturated heterocycles. The zero-order chi connectivity index (χ0) is 20.5. The molecule has 2 aromatic heterocycles. The number of carbonyl (C=O) groups excluding carboxylic acids is 2. The van der Waals surface area contributed by atoms with E-state index in [9.17, 15) is 14.4 Å². The Bertz CT molecular complexity index is 1120. The molecule has 1 N–H and O–H groups in total. The molecule has 1 fully saturated rings. The van der Waals surface area contributed by atoms with E-state index in [0.717, 1.165) is 10.4 Å². The Balaban J connectivity index is 1.55. The Hall–Kier alpha value is -3.00. The highest BCUT2D eigenvalue weighted by molar-refractivity contribution is 7.17. The maximum absolute atomic E-state index is 12.8. The van der Waals surface area contributed by atoms with Crippen LogP contribution in [0.25, 0.3) is 4.96 Å². The Kier molecular flexibility index (Phi) is 5.19. The van der Waals surface area contributed by atoms with Gasteiger partial charge in [0.2, 0.25) is 5.91 Å². The molecule has 150 valence electrons. The van der Waals surface area contributed by atoms with E-state index in [1.807, 2.05) is 44.2 Å². The van der Waals surface area contributed by atoms with Gasteiger partial charge in [-0.3, -0.25) is 18.8 Å². The highest BCUT2D eigenvalue weighted by Crippen LogP contribution is 2.19. The molecule has 0 saturated carbocycles. The Morgan fingerprint density at radius 2 is 2.03 bits per heavy atom. The van der Waals surface area contributed by atoms with Crippen LogP contribution in [0.15, 0.2) is 47.5 Å². The molecule has 0 radical (unpaired) electrons. The summed E-state index contributed by atoms with van der Waals surface area (Å²) in [7, 11) is 0. The highest BCUT2D eigenvalue weighted by Gasteiger charge is 2.34. The minimum Gasteiger partial charge on any atom is -0.340 e. The summed E-state index contributed by atoms with van der Waals surface area (Å²) in [6.07, 6.45) is 4.27. The van der Waals surface area contributed by atoms with Gasteiger partial charge in [-0.15, -0.1) is 11.3 Å². The summed E-state index contributed by atoms with van der Waals surface area (Å²) in [5.74, 6) is -0.667. The molecular formula is C21H22N4O3S. The van der Waals surface area contributed by atoms with Crippen molar-refractivity contribution in [3.05, 3.63) is 69.1 Å². The predicted octanol–water partition coefficient (Wildman–Crippen LogP) is 2.09. The third-order valence-electron chi connectivity index (χ3n) is 5.09. The van der Waals surface area contributed by atoms with Crippen LogP contribution in [-0.2, 0) is 11.2 Å². The van der Waals surface area contributed by atoms with Crippen LogP contribution in [0.3, 0.4) is 0 Å². The number of hydrogen-bond acceptors (Lipinski definition) is 5. The van der Waals surface area contributed by atoms with Gasteiger partial charge in [0.1, 0.15) is 11.6 Å². The van der Waals surface area contributed by atoms with Crippen LogP contribution < -0.4 is 10.9 Å². The Morgan fingerprint density at radius 3 is 2.72 bits per heavy atom. The van der Waals surface area contributed by atoms with E-state index in [1.54, 1.807) is 11.1 Å². The van der Waals surface area contributed by atoms with Gasteiger partial charge in [0.15, 0.2) is 4.96 Å². The number of nitrogens with zero attached hydrogens (tertiary/aromatic N) is 3. The summed E-state index contributed by atoms with van der Waals surface area (Å²) in [6, 6.07) is 9.45. The third kappa shape index (κ3) is 3.80. The van der Waals surface area contributed by atoms with Gasteiger partial charge in [0.25, 0.3) is 11.5 Å². The summed E-state index contributed by atoms with van der Waals surface area (Å²) in [5, 5.41) is 2.70. The SMILES string of the molecule is CC(C)N1CCC(NC(=O)c2cnc3sc(Cc4ccccc4)cn3c2=O)C1=O. The average Bonchev–Trinajstić information content (AvgIpc) is 3.27. The van der Waals surface area contributed by atoms with E-state index in [-0.39, 0.29) is 17.5 Å². The maximum atomic E-state index is 12.8. The first-order valence-corrected chi connectivity index (χ1v) is 10.4. The first-order valence-electron chi connectivity index (χ1n) is 9.59. The molecule has 0 spiro atoms. The van der Waals surface area contributed by atoms with Crippen LogP contribution in [0.5, 0.6) is 0 Å². The fraction of sp³-hybridized carbons (Fsp3) is 0.333. The lowest BCUT2D eigenvalue weighted by atomic mass is 10.1. The lowest BCUT2D eigenvalue weighted by Gasteiger charge is -2.21. The molecule has 1 atom stereocenters. The first kappa shape index (κ1) is 19.3. The number of carbonyl (C=O) groups is 2. The summed E-state index contributed by atoms with van der Waals surface area (Å²) in [4.78, 5) is 45.4. The smallest absolute Gasteiger partial charge is 0.271 e. The minimum atomic E-state index is -0.596. The number of fused-ring (bicyclic) bond motifs is 1. The van der Waals surface area contributed by atoms with E-state index >= 15 is 0 Å². The molecule has 8 heteroatoms. The summed E-state index contributed by atoms with van der Waals surface area (Å²) in [6.45, 7) is 4.48. The number of aromatic nitrogens is 2. The summed E-state index contributed by atoms with van der Waals surface area (Å²) < 4.78 is 1.41. The fourth-order valence-corrected chi connectivity index (χ4v) is 4.52. The molecular weight excluding hydrogens is 388 g/mol. The van der Waals surface area contributed by atoms with Gasteiger partial charge in [-0.1, -0.05) is 30.3 Å². The van der Waals surface area contributed by atoms with Crippen molar-refractivity contribution in [1.82, 2.24) is 19.6 Å². The third-order valence-corrected chi connectivity index (χ3v) is 6.09. The predicted molar refractivity (Wildman–Crippen MR) is 111 cm³/mol. The van der Waals surface area contributed by atoms with E-state index in [4.69, 9.17) is 0 Å². The lowest BCUT2D eigenvalue weighted by molar-refractivity contribution is -0.130. The number of benzene rings is 1. The van der Waals surface area contributed by atoms with Crippen LogP contribution in [-0.4, -0.2) is 44.7 Å². The van der Waals surface area contributed by atoms with Crippen molar-refractivity contribution in [2.75, 3.05) is 6.54 Å². The molecule has 1 aliphatic heterocycles. The van der Waals surface area contributed by atoms with Crippen LogP contribution in [0.1, 0.15) is 41.1 Å². The average molecular weight is 410 g/mol. The van der Waals surface area contributed by atoms with Crippen molar-refractivity contribution >= 4 is 28.1 Å². The quantitative estimate of drug-likeness (QED) is 0.698. The van der Waals surface area contributed by atoms with Crippen molar-refractivity contribution < 1.29 is 9.59 Å². The number of likely N-dealkylation sites (tertiary alicyclic amines) is 1. The van der Waals surface area contributed by atoms with Crippen LogP contribution in [0.4, 0.5) is 0 Å². The molecule has 2 amide bonds. The zero-order valence-electron chi connectivity index (χ0n) is 16.3. The first-order chi connectivity index (χ1) is 13.9. The van der Waals surface area contributed by atoms with E-state index < -0.39 is 17.5 Å². The normalized spacial score (nSPS) is 16.7. The molecule has 29 heavy (non-hydrogen) atoms. The number of rotatable bonds is 5. The second-order valence-electron chi connectivity index (χ2n) is 7.43. The van der Waals surface area contributed by atoms with Gasteiger partial charge in [-0.05, 0) is 25.8 Å². The van der Waals surface area contributed by atoms with Gasteiger partial charge in [0, 0.05) is 36.3 Å². The standard InChI is InChI=1S/C21H22N4O3S/c1-13(2)24-9-8-17(20(24)28)23-18(26)16-11-22-21-25(19(16)27)12-15(29-21)10-14-6-4-3-5-7-14/h3-7,11-13,17H,8-10H2,1-2H3,(H,23,26). The van der Waals surface area contributed by atoms with Crippen molar-refractivity contribution in [3.63, 3.8) is 0 Å². The second-order valence-corrected chi connectivity index (χ2v) is 8.52. The monoisotopic (exact) mass is 410 g/mol. The van der Waals surface area contributed by atoms with Crippen molar-refractivity contribution in [2.45, 2.75) is 38.8 Å². The summed E-state index contributed by atoms with van der Waals surface area (Å²) in [5.41, 5.74) is 0.663. The molecule has 3 heterocycles. The largest absolute Gasteiger partial charge is 0.340 e. The van der Waals surface area contributed by atoms with Crippen LogP contribution in [0.2, 0.25) is 0 Å². The Labute approximate surface area is 172 Å². The van der Waals surface area contributed by atoms with Gasteiger partial charge < -0.3 is 10.2 Å². The maximum Gasteiger partial charge on any atom is 0.271 e. The number of thiazole rings is 1. The summed E-state index contributed by atoms with van der Waals surface area (Å²) >= 11 is 1.42. The molecule has 1 aromatic carbocycles. The van der Waals surface area contributed by atoms with Crippen molar-refractivity contribution in [3.8, 4) is 0 Å². The molecule has 1 unspecified atom stereocenters. The van der Waals surface area contributed by atoms with Crippen molar-refractivity contribution in [1.29, 1.82) is 0 Å². The van der Waals surface area contributed by atoms with E-state index in [1.165, 1.54) is 21.9 Å². The van der Waals surface area contributed by atoms with E-state index in [2.05, 4.69) is 10.3 Å². The number of amides is 2.